The van der Waals surface area contributed by atoms with Gasteiger partial charge < -0.3 is 9.64 Å². The standard InChI is InChI=1S/C15H19BrF3NO/c16-14-6-5-12(11-13(14)15(17,18)19)21-10-4-9-20-7-2-1-3-8-20/h5-6,11H,1-4,7-10H2. The Labute approximate surface area is 131 Å². The van der Waals surface area contributed by atoms with E-state index in [-0.39, 0.29) is 10.2 Å². The Morgan fingerprint density at radius 1 is 1.14 bits per heavy atom. The van der Waals surface area contributed by atoms with Crippen LogP contribution in [0.2, 0.25) is 0 Å². The van der Waals surface area contributed by atoms with Crippen LogP contribution in [0.3, 0.4) is 0 Å². The lowest BCUT2D eigenvalue weighted by Crippen LogP contribution is -2.31. The van der Waals surface area contributed by atoms with Crippen LogP contribution in [-0.4, -0.2) is 31.1 Å². The maximum Gasteiger partial charge on any atom is 0.417 e. The first kappa shape index (κ1) is 16.6. The maximum atomic E-state index is 12.8. The molecule has 1 aliphatic rings. The van der Waals surface area contributed by atoms with E-state index in [2.05, 4.69) is 20.8 Å². The van der Waals surface area contributed by atoms with Gasteiger partial charge in [-0.05, 0) is 50.6 Å². The molecule has 118 valence electrons. The SMILES string of the molecule is FC(F)(F)c1cc(OCCCN2CCCCC2)ccc1Br. The summed E-state index contributed by atoms with van der Waals surface area (Å²) >= 11 is 2.92. The van der Waals surface area contributed by atoms with Crippen molar-refractivity contribution in [1.82, 2.24) is 4.90 Å². The molecule has 1 aliphatic heterocycles. The molecule has 1 fully saturated rings. The van der Waals surface area contributed by atoms with Crippen molar-refractivity contribution in [3.63, 3.8) is 0 Å². The highest BCUT2D eigenvalue weighted by atomic mass is 79.9. The fourth-order valence-corrected chi connectivity index (χ4v) is 2.94. The van der Waals surface area contributed by atoms with E-state index >= 15 is 0 Å². The van der Waals surface area contributed by atoms with E-state index in [1.807, 2.05) is 0 Å². The largest absolute Gasteiger partial charge is 0.494 e. The molecule has 21 heavy (non-hydrogen) atoms. The molecule has 0 amide bonds. The monoisotopic (exact) mass is 365 g/mol. The Bertz CT molecular complexity index is 459. The number of piperidine rings is 1. The van der Waals surface area contributed by atoms with Crippen molar-refractivity contribution < 1.29 is 17.9 Å². The predicted molar refractivity (Wildman–Crippen MR) is 79.5 cm³/mol. The van der Waals surface area contributed by atoms with E-state index < -0.39 is 11.7 Å². The second-order valence-corrected chi connectivity index (χ2v) is 6.10. The average Bonchev–Trinajstić information content (AvgIpc) is 2.45. The van der Waals surface area contributed by atoms with Crippen LogP contribution in [0, 0.1) is 0 Å². The molecule has 0 spiro atoms. The maximum absolute atomic E-state index is 12.8. The summed E-state index contributed by atoms with van der Waals surface area (Å²) in [6, 6.07) is 3.98. The van der Waals surface area contributed by atoms with Crippen molar-refractivity contribution in [3.05, 3.63) is 28.2 Å². The molecular formula is C15H19BrF3NO. The molecule has 0 radical (unpaired) electrons. The van der Waals surface area contributed by atoms with Gasteiger partial charge >= 0.3 is 6.18 Å². The van der Waals surface area contributed by atoms with Gasteiger partial charge in [0.25, 0.3) is 0 Å². The zero-order chi connectivity index (χ0) is 15.3. The smallest absolute Gasteiger partial charge is 0.417 e. The van der Waals surface area contributed by atoms with Gasteiger partial charge in [0.05, 0.1) is 12.2 Å². The van der Waals surface area contributed by atoms with Crippen LogP contribution < -0.4 is 4.74 Å². The van der Waals surface area contributed by atoms with Crippen LogP contribution in [0.25, 0.3) is 0 Å². The third kappa shape index (κ3) is 5.18. The van der Waals surface area contributed by atoms with Crippen LogP contribution in [0.15, 0.2) is 22.7 Å². The van der Waals surface area contributed by atoms with Gasteiger partial charge in [-0.2, -0.15) is 13.2 Å². The number of nitrogens with zero attached hydrogens (tertiary/aromatic N) is 1. The molecule has 0 N–H and O–H groups in total. The predicted octanol–water partition coefficient (Wildman–Crippen LogP) is 4.72. The molecule has 1 aromatic carbocycles. The van der Waals surface area contributed by atoms with E-state index in [0.717, 1.165) is 32.1 Å². The van der Waals surface area contributed by atoms with Crippen molar-refractivity contribution in [3.8, 4) is 5.75 Å². The van der Waals surface area contributed by atoms with Crippen molar-refractivity contribution >= 4 is 15.9 Å². The van der Waals surface area contributed by atoms with Gasteiger partial charge in [0.1, 0.15) is 5.75 Å². The number of hydrogen-bond acceptors (Lipinski definition) is 2. The summed E-state index contributed by atoms with van der Waals surface area (Å²) in [5.74, 6) is 0.268. The quantitative estimate of drug-likeness (QED) is 0.699. The normalized spacial score (nSPS) is 17.0. The Hall–Kier alpha value is -0.750. The minimum atomic E-state index is -4.37. The highest BCUT2D eigenvalue weighted by molar-refractivity contribution is 9.10. The molecule has 0 aliphatic carbocycles. The average molecular weight is 366 g/mol. The van der Waals surface area contributed by atoms with E-state index in [1.165, 1.54) is 25.3 Å². The van der Waals surface area contributed by atoms with Crippen LogP contribution in [0.4, 0.5) is 13.2 Å². The van der Waals surface area contributed by atoms with E-state index in [4.69, 9.17) is 4.74 Å². The number of likely N-dealkylation sites (tertiary alicyclic amines) is 1. The first-order chi connectivity index (χ1) is 9.97. The highest BCUT2D eigenvalue weighted by Gasteiger charge is 2.33. The lowest BCUT2D eigenvalue weighted by molar-refractivity contribution is -0.138. The molecule has 1 heterocycles. The topological polar surface area (TPSA) is 12.5 Å². The molecule has 0 saturated carbocycles. The molecule has 1 saturated heterocycles. The van der Waals surface area contributed by atoms with Crippen LogP contribution in [0.1, 0.15) is 31.2 Å². The first-order valence-corrected chi connectivity index (χ1v) is 7.98. The Morgan fingerprint density at radius 2 is 1.86 bits per heavy atom. The molecule has 0 unspecified atom stereocenters. The van der Waals surface area contributed by atoms with Gasteiger partial charge in [-0.3, -0.25) is 0 Å². The molecule has 0 atom stereocenters. The fourth-order valence-electron chi connectivity index (χ4n) is 2.47. The number of benzene rings is 1. The lowest BCUT2D eigenvalue weighted by atomic mass is 10.1. The number of ether oxygens (including phenoxy) is 1. The van der Waals surface area contributed by atoms with Crippen molar-refractivity contribution in [1.29, 1.82) is 0 Å². The van der Waals surface area contributed by atoms with Crippen LogP contribution >= 0.6 is 15.9 Å². The highest BCUT2D eigenvalue weighted by Crippen LogP contribution is 2.36. The molecule has 2 nitrogen and oxygen atoms in total. The van der Waals surface area contributed by atoms with Crippen molar-refractivity contribution in [2.45, 2.75) is 31.9 Å². The van der Waals surface area contributed by atoms with Crippen LogP contribution in [-0.2, 0) is 6.18 Å². The second kappa shape index (κ2) is 7.49. The van der Waals surface area contributed by atoms with E-state index in [9.17, 15) is 13.2 Å². The van der Waals surface area contributed by atoms with E-state index in [0.29, 0.717) is 6.61 Å². The molecule has 1 aromatic rings. The summed E-state index contributed by atoms with van der Waals surface area (Å²) < 4.78 is 43.8. The summed E-state index contributed by atoms with van der Waals surface area (Å²) in [5, 5.41) is 0. The second-order valence-electron chi connectivity index (χ2n) is 5.24. The molecule has 0 aromatic heterocycles. The number of hydrogen-bond donors (Lipinski definition) is 0. The minimum Gasteiger partial charge on any atom is -0.494 e. The van der Waals surface area contributed by atoms with Crippen LogP contribution in [0.5, 0.6) is 5.75 Å². The third-order valence-corrected chi connectivity index (χ3v) is 4.27. The van der Waals surface area contributed by atoms with E-state index in [1.54, 1.807) is 6.07 Å². The summed E-state index contributed by atoms with van der Waals surface area (Å²) in [7, 11) is 0. The summed E-state index contributed by atoms with van der Waals surface area (Å²) in [6.45, 7) is 3.63. The summed E-state index contributed by atoms with van der Waals surface area (Å²) in [6.07, 6.45) is 0.237. The summed E-state index contributed by atoms with van der Waals surface area (Å²) in [5.41, 5.74) is -0.698. The molecule has 0 bridgehead atoms. The first-order valence-electron chi connectivity index (χ1n) is 7.19. The molecule has 2 rings (SSSR count). The number of alkyl halides is 3. The number of rotatable bonds is 5. The zero-order valence-electron chi connectivity index (χ0n) is 11.8. The van der Waals surface area contributed by atoms with Gasteiger partial charge in [-0.25, -0.2) is 0 Å². The van der Waals surface area contributed by atoms with Crippen molar-refractivity contribution in [2.24, 2.45) is 0 Å². The lowest BCUT2D eigenvalue weighted by Gasteiger charge is -2.26. The molecule has 6 heteroatoms. The van der Waals surface area contributed by atoms with Gasteiger partial charge in [0.2, 0.25) is 0 Å². The molecular weight excluding hydrogens is 347 g/mol. The Balaban J connectivity index is 1.80. The summed E-state index contributed by atoms with van der Waals surface area (Å²) in [4.78, 5) is 2.38. The fraction of sp³-hybridized carbons (Fsp3) is 0.600. The minimum absolute atomic E-state index is 0.0377. The van der Waals surface area contributed by atoms with Gasteiger partial charge in [-0.1, -0.05) is 22.4 Å². The van der Waals surface area contributed by atoms with Gasteiger partial charge in [-0.15, -0.1) is 0 Å². The third-order valence-electron chi connectivity index (χ3n) is 3.58. The zero-order valence-corrected chi connectivity index (χ0v) is 13.3. The van der Waals surface area contributed by atoms with Gasteiger partial charge in [0.15, 0.2) is 0 Å². The Morgan fingerprint density at radius 3 is 2.52 bits per heavy atom. The number of halogens is 4. The van der Waals surface area contributed by atoms with Gasteiger partial charge in [0, 0.05) is 11.0 Å². The Kier molecular flexibility index (Phi) is 5.93. The van der Waals surface area contributed by atoms with Crippen molar-refractivity contribution in [2.75, 3.05) is 26.2 Å².